The molecule has 2 bridgehead atoms. The normalized spacial score (nSPS) is 20.7. The lowest BCUT2D eigenvalue weighted by Crippen LogP contribution is -2.51. The number of ether oxygens (including phenoxy) is 1. The lowest BCUT2D eigenvalue weighted by molar-refractivity contribution is -0.138. The number of rotatable bonds is 6. The van der Waals surface area contributed by atoms with E-state index in [0.717, 1.165) is 36.7 Å². The van der Waals surface area contributed by atoms with Crippen LogP contribution in [0, 0.1) is 5.82 Å². The SMILES string of the molecule is O=C1CCC(=O)N1CCOc1nc(N2CC3CCC(C2)N3)c2ccc(-c3cc(O)cc4ccccc34)c(F)c2n1. The molecule has 2 amide bonds. The molecule has 1 aromatic heterocycles. The van der Waals surface area contributed by atoms with Crippen molar-refractivity contribution in [1.29, 1.82) is 0 Å². The van der Waals surface area contributed by atoms with Crippen molar-refractivity contribution in [2.75, 3.05) is 31.1 Å². The summed E-state index contributed by atoms with van der Waals surface area (Å²) in [6.45, 7) is 1.57. The Hall–Kier alpha value is -4.31. The molecule has 0 radical (unpaired) electrons. The van der Waals surface area contributed by atoms with Crippen molar-refractivity contribution in [2.45, 2.75) is 37.8 Å². The van der Waals surface area contributed by atoms with E-state index in [1.165, 1.54) is 4.90 Å². The number of hydrogen-bond donors (Lipinski definition) is 2. The van der Waals surface area contributed by atoms with Gasteiger partial charge >= 0.3 is 6.01 Å². The van der Waals surface area contributed by atoms with Gasteiger partial charge in [0.25, 0.3) is 0 Å². The molecular weight excluding hydrogens is 513 g/mol. The summed E-state index contributed by atoms with van der Waals surface area (Å²) < 4.78 is 22.3. The van der Waals surface area contributed by atoms with Crippen molar-refractivity contribution in [3.63, 3.8) is 0 Å². The standard InChI is InChI=1S/C30H28FN5O4/c31-27-22(24-14-20(37)13-17-3-1-2-4-21(17)24)7-8-23-28(27)33-30(40-12-11-36-25(38)9-10-26(36)39)34-29(23)35-15-18-5-6-19(16-35)32-18/h1-4,7-8,13-14,18-19,32,37H,5-6,9-12,15-16H2. The number of benzene rings is 3. The molecule has 9 nitrogen and oxygen atoms in total. The number of carbonyl (C=O) groups excluding carboxylic acids is 2. The molecule has 4 heterocycles. The van der Waals surface area contributed by atoms with Crippen molar-refractivity contribution in [3.8, 4) is 22.9 Å². The van der Waals surface area contributed by atoms with E-state index < -0.39 is 5.82 Å². The van der Waals surface area contributed by atoms with Crippen LogP contribution < -0.4 is 15.0 Å². The third kappa shape index (κ3) is 4.28. The lowest BCUT2D eigenvalue weighted by atomic mass is 9.96. The van der Waals surface area contributed by atoms with Crippen LogP contribution in [0.1, 0.15) is 25.7 Å². The number of carbonyl (C=O) groups is 2. The third-order valence-corrected chi connectivity index (χ3v) is 8.12. The zero-order valence-electron chi connectivity index (χ0n) is 21.8. The second-order valence-electron chi connectivity index (χ2n) is 10.7. The average Bonchev–Trinajstić information content (AvgIpc) is 3.47. The Balaban J connectivity index is 1.31. The van der Waals surface area contributed by atoms with E-state index in [1.807, 2.05) is 30.3 Å². The van der Waals surface area contributed by atoms with Crippen LogP contribution in [0.4, 0.5) is 10.2 Å². The molecule has 40 heavy (non-hydrogen) atoms. The van der Waals surface area contributed by atoms with E-state index in [9.17, 15) is 14.7 Å². The van der Waals surface area contributed by atoms with Crippen LogP contribution >= 0.6 is 0 Å². The second kappa shape index (κ2) is 9.71. The maximum atomic E-state index is 16.4. The van der Waals surface area contributed by atoms with Crippen molar-refractivity contribution in [2.24, 2.45) is 0 Å². The minimum Gasteiger partial charge on any atom is -0.508 e. The highest BCUT2D eigenvalue weighted by Gasteiger charge is 2.34. The summed E-state index contributed by atoms with van der Waals surface area (Å²) in [6.07, 6.45) is 2.57. The number of aromatic nitrogens is 2. The molecule has 0 aliphatic carbocycles. The quantitative estimate of drug-likeness (QED) is 0.356. The van der Waals surface area contributed by atoms with Crippen LogP contribution in [0.3, 0.4) is 0 Å². The predicted octanol–water partition coefficient (Wildman–Crippen LogP) is 3.76. The molecular formula is C30H28FN5O4. The van der Waals surface area contributed by atoms with Gasteiger partial charge in [-0.05, 0) is 47.4 Å². The fraction of sp³-hybridized carbons (Fsp3) is 0.333. The number of piperazine rings is 1. The van der Waals surface area contributed by atoms with E-state index >= 15 is 4.39 Å². The van der Waals surface area contributed by atoms with Crippen LogP contribution in [0.15, 0.2) is 48.5 Å². The van der Waals surface area contributed by atoms with Gasteiger partial charge in [-0.1, -0.05) is 30.3 Å². The monoisotopic (exact) mass is 541 g/mol. The van der Waals surface area contributed by atoms with Crippen LogP contribution in [-0.4, -0.2) is 70.1 Å². The Kier molecular flexibility index (Phi) is 6.00. The number of nitrogens with zero attached hydrogens (tertiary/aromatic N) is 4. The maximum absolute atomic E-state index is 16.4. The van der Waals surface area contributed by atoms with Gasteiger partial charge in [-0.25, -0.2) is 4.39 Å². The number of anilines is 1. The molecule has 7 rings (SSSR count). The molecule has 0 spiro atoms. The Morgan fingerprint density at radius 3 is 2.48 bits per heavy atom. The number of nitrogens with one attached hydrogen (secondary N) is 1. The predicted molar refractivity (Wildman–Crippen MR) is 148 cm³/mol. The molecule has 3 aromatic carbocycles. The van der Waals surface area contributed by atoms with Gasteiger partial charge in [0.15, 0.2) is 5.82 Å². The number of halogens is 1. The third-order valence-electron chi connectivity index (χ3n) is 8.12. The van der Waals surface area contributed by atoms with Gasteiger partial charge in [-0.3, -0.25) is 14.5 Å². The highest BCUT2D eigenvalue weighted by atomic mass is 19.1. The summed E-state index contributed by atoms with van der Waals surface area (Å²) in [6, 6.07) is 14.9. The van der Waals surface area contributed by atoms with Gasteiger partial charge in [0.2, 0.25) is 11.8 Å². The summed E-state index contributed by atoms with van der Waals surface area (Å²) in [5.41, 5.74) is 0.983. The van der Waals surface area contributed by atoms with E-state index in [4.69, 9.17) is 9.72 Å². The second-order valence-corrected chi connectivity index (χ2v) is 10.7. The van der Waals surface area contributed by atoms with Gasteiger partial charge in [0.1, 0.15) is 23.7 Å². The minimum absolute atomic E-state index is 0.00768. The number of hydrogen-bond acceptors (Lipinski definition) is 8. The number of phenols is 1. The largest absolute Gasteiger partial charge is 0.508 e. The first-order chi connectivity index (χ1) is 19.4. The van der Waals surface area contributed by atoms with E-state index in [-0.39, 0.29) is 55.1 Å². The Labute approximate surface area is 229 Å². The molecule has 3 aliphatic heterocycles. The van der Waals surface area contributed by atoms with Gasteiger partial charge in [-0.15, -0.1) is 0 Å². The number of aromatic hydroxyl groups is 1. The first-order valence-corrected chi connectivity index (χ1v) is 13.6. The van der Waals surface area contributed by atoms with Crippen LogP contribution in [-0.2, 0) is 9.59 Å². The summed E-state index contributed by atoms with van der Waals surface area (Å²) in [7, 11) is 0. The number of fused-ring (bicyclic) bond motifs is 4. The topological polar surface area (TPSA) is 108 Å². The highest BCUT2D eigenvalue weighted by Crippen LogP contribution is 2.38. The highest BCUT2D eigenvalue weighted by molar-refractivity contribution is 6.02. The number of amides is 2. The first kappa shape index (κ1) is 24.7. The molecule has 2 atom stereocenters. The molecule has 3 saturated heterocycles. The number of phenolic OH excluding ortho intramolecular Hbond substituents is 1. The average molecular weight is 542 g/mol. The molecule has 4 aromatic rings. The van der Waals surface area contributed by atoms with E-state index in [1.54, 1.807) is 18.2 Å². The summed E-state index contributed by atoms with van der Waals surface area (Å²) in [5.74, 6) is -0.344. The lowest BCUT2D eigenvalue weighted by Gasteiger charge is -2.34. The fourth-order valence-electron chi connectivity index (χ4n) is 6.23. The molecule has 10 heteroatoms. The van der Waals surface area contributed by atoms with Crippen molar-refractivity contribution < 1.29 is 23.8 Å². The summed E-state index contributed by atoms with van der Waals surface area (Å²) in [4.78, 5) is 36.5. The van der Waals surface area contributed by atoms with Crippen molar-refractivity contribution in [1.82, 2.24) is 20.2 Å². The van der Waals surface area contributed by atoms with Crippen molar-refractivity contribution >= 4 is 39.3 Å². The van der Waals surface area contributed by atoms with Gasteiger partial charge in [-0.2, -0.15) is 9.97 Å². The molecule has 2 N–H and O–H groups in total. The van der Waals surface area contributed by atoms with Gasteiger partial charge in [0.05, 0.1) is 6.54 Å². The van der Waals surface area contributed by atoms with Crippen LogP contribution in [0.5, 0.6) is 11.8 Å². The molecule has 204 valence electrons. The van der Waals surface area contributed by atoms with Crippen LogP contribution in [0.2, 0.25) is 0 Å². The molecule has 0 saturated carbocycles. The first-order valence-electron chi connectivity index (χ1n) is 13.6. The zero-order valence-corrected chi connectivity index (χ0v) is 21.8. The Morgan fingerprint density at radius 1 is 0.950 bits per heavy atom. The smallest absolute Gasteiger partial charge is 0.319 e. The molecule has 2 unspecified atom stereocenters. The summed E-state index contributed by atoms with van der Waals surface area (Å²) in [5, 5.41) is 16.2. The Bertz CT molecular complexity index is 1650. The van der Waals surface area contributed by atoms with Gasteiger partial charge in [0, 0.05) is 49.0 Å². The van der Waals surface area contributed by atoms with Crippen molar-refractivity contribution in [3.05, 3.63) is 54.3 Å². The van der Waals surface area contributed by atoms with E-state index in [0.29, 0.717) is 34.4 Å². The van der Waals surface area contributed by atoms with E-state index in [2.05, 4.69) is 15.2 Å². The minimum atomic E-state index is -0.537. The molecule has 3 aliphatic rings. The maximum Gasteiger partial charge on any atom is 0.319 e. The zero-order chi connectivity index (χ0) is 27.4. The summed E-state index contributed by atoms with van der Waals surface area (Å²) >= 11 is 0. The van der Waals surface area contributed by atoms with Crippen LogP contribution in [0.25, 0.3) is 32.8 Å². The van der Waals surface area contributed by atoms with Gasteiger partial charge < -0.3 is 20.1 Å². The fourth-order valence-corrected chi connectivity index (χ4v) is 6.23. The number of likely N-dealkylation sites (tertiary alicyclic amines) is 1. The number of imide groups is 1. The Morgan fingerprint density at radius 2 is 1.70 bits per heavy atom. The molecule has 3 fully saturated rings.